The maximum Gasteiger partial charge on any atom is 0.441 e. The summed E-state index contributed by atoms with van der Waals surface area (Å²) in [5, 5.41) is 20.4. The van der Waals surface area contributed by atoms with E-state index in [2.05, 4.69) is 10.1 Å². The number of carboxylic acids is 1. The number of amides is 1. The predicted octanol–water partition coefficient (Wildman–Crippen LogP) is -1.56. The number of carbonyl (C=O) groups excluding carboxylic acids is 2. The molecule has 1 fully saturated rings. The molecule has 1 amide bonds. The van der Waals surface area contributed by atoms with Crippen LogP contribution < -0.4 is 5.32 Å². The Morgan fingerprint density at radius 1 is 1.44 bits per heavy atom. The number of aliphatic carboxylic acids is 1. The maximum atomic E-state index is 11.7. The molecule has 0 radical (unpaired) electrons. The van der Waals surface area contributed by atoms with Gasteiger partial charge in [-0.25, -0.2) is 4.79 Å². The lowest BCUT2D eigenvalue weighted by molar-refractivity contribution is -0.145. The van der Waals surface area contributed by atoms with E-state index < -0.39 is 47.4 Å². The highest BCUT2D eigenvalue weighted by molar-refractivity contribution is 6.62. The zero-order valence-corrected chi connectivity index (χ0v) is 9.82. The van der Waals surface area contributed by atoms with E-state index in [0.29, 0.717) is 0 Å². The highest BCUT2D eigenvalue weighted by atomic mass is 16.4. The minimum atomic E-state index is -1.64. The van der Waals surface area contributed by atoms with Crippen LogP contribution in [0.5, 0.6) is 0 Å². The molecule has 0 spiro atoms. The van der Waals surface area contributed by atoms with Crippen molar-refractivity contribution >= 4 is 23.4 Å². The van der Waals surface area contributed by atoms with Crippen molar-refractivity contribution in [2.24, 2.45) is 11.8 Å². The average Bonchev–Trinajstić information content (AvgIpc) is 2.24. The highest BCUT2D eigenvalue weighted by Crippen LogP contribution is 2.26. The van der Waals surface area contributed by atoms with Crippen molar-refractivity contribution in [1.82, 2.24) is 5.32 Å². The van der Waals surface area contributed by atoms with Crippen LogP contribution in [0.4, 0.5) is 0 Å². The van der Waals surface area contributed by atoms with Gasteiger partial charge in [-0.3, -0.25) is 9.59 Å². The van der Waals surface area contributed by atoms with Crippen molar-refractivity contribution < 1.29 is 29.4 Å². The Balaban J connectivity index is 2.86. The summed E-state index contributed by atoms with van der Waals surface area (Å²) in [5.41, 5.74) is 7.47. The molecule has 0 aliphatic carbocycles. The van der Waals surface area contributed by atoms with Crippen LogP contribution in [0.1, 0.15) is 13.8 Å². The van der Waals surface area contributed by atoms with E-state index in [1.807, 2.05) is 0 Å². The third-order valence-corrected chi connectivity index (χ3v) is 3.01. The van der Waals surface area contributed by atoms with Crippen molar-refractivity contribution in [2.45, 2.75) is 26.0 Å². The number of β-lactam (4-membered cyclic amide) rings is 1. The van der Waals surface area contributed by atoms with Crippen LogP contribution in [0, 0.1) is 11.8 Å². The monoisotopic (exact) mass is 255 g/mol. The minimum Gasteiger partial charge on any atom is -0.472 e. The summed E-state index contributed by atoms with van der Waals surface area (Å²) < 4.78 is 0. The van der Waals surface area contributed by atoms with Crippen LogP contribution in [0.3, 0.4) is 0 Å². The summed E-state index contributed by atoms with van der Waals surface area (Å²) >= 11 is 0. The average molecular weight is 255 g/mol. The van der Waals surface area contributed by atoms with E-state index in [1.165, 1.54) is 13.8 Å². The Morgan fingerprint density at radius 2 is 2.00 bits per heavy atom. The first kappa shape index (κ1) is 14.0. The van der Waals surface area contributed by atoms with Crippen LogP contribution in [0.2, 0.25) is 0 Å². The molecule has 3 N–H and O–H groups in total. The molecular formula is C10H13N3O5. The number of aliphatic hydroxyl groups excluding tert-OH is 1. The molecule has 1 heterocycles. The van der Waals surface area contributed by atoms with Crippen molar-refractivity contribution in [3.8, 4) is 0 Å². The summed E-state index contributed by atoms with van der Waals surface area (Å²) in [4.78, 5) is 36.0. The summed E-state index contributed by atoms with van der Waals surface area (Å²) in [5.74, 6) is -4.61. The lowest BCUT2D eigenvalue weighted by Crippen LogP contribution is -2.66. The van der Waals surface area contributed by atoms with Gasteiger partial charge in [0.05, 0.1) is 18.1 Å². The molecule has 0 aromatic rings. The fourth-order valence-corrected chi connectivity index (χ4v) is 1.95. The number of carbonyl (C=O) groups is 3. The van der Waals surface area contributed by atoms with Gasteiger partial charge in [0.2, 0.25) is 5.91 Å². The second-order valence-electron chi connectivity index (χ2n) is 4.21. The van der Waals surface area contributed by atoms with E-state index in [1.54, 1.807) is 0 Å². The van der Waals surface area contributed by atoms with Crippen molar-refractivity contribution in [3.63, 3.8) is 0 Å². The van der Waals surface area contributed by atoms with E-state index in [4.69, 9.17) is 10.6 Å². The maximum absolute atomic E-state index is 11.7. The number of nitrogens with zero attached hydrogens (tertiary/aromatic N) is 2. The molecule has 0 bridgehead atoms. The zero-order chi connectivity index (χ0) is 14.0. The first-order chi connectivity index (χ1) is 8.31. The second kappa shape index (κ2) is 5.07. The molecule has 1 aliphatic rings. The van der Waals surface area contributed by atoms with Gasteiger partial charge < -0.3 is 21.1 Å². The van der Waals surface area contributed by atoms with Gasteiger partial charge in [-0.15, -0.1) is 0 Å². The Bertz CT molecular complexity index is 452. The predicted molar refractivity (Wildman–Crippen MR) is 57.5 cm³/mol. The van der Waals surface area contributed by atoms with Crippen LogP contribution in [-0.2, 0) is 14.4 Å². The zero-order valence-electron chi connectivity index (χ0n) is 9.82. The highest BCUT2D eigenvalue weighted by Gasteiger charge is 2.49. The SMILES string of the molecule is CC(C(=O)C(=[N+]=[N-])C(=O)O)[C@H]1NC(=O)[C@@H]1[C@@H](C)O. The summed E-state index contributed by atoms with van der Waals surface area (Å²) in [6, 6.07) is -0.666. The lowest BCUT2D eigenvalue weighted by Gasteiger charge is -2.40. The first-order valence-corrected chi connectivity index (χ1v) is 5.29. The molecule has 0 saturated carbocycles. The molecule has 1 rings (SSSR count). The molecule has 0 aromatic heterocycles. The molecule has 1 aliphatic heterocycles. The molecule has 18 heavy (non-hydrogen) atoms. The van der Waals surface area contributed by atoms with Crippen molar-refractivity contribution in [2.75, 3.05) is 0 Å². The second-order valence-corrected chi connectivity index (χ2v) is 4.21. The molecule has 0 aromatic carbocycles. The van der Waals surface area contributed by atoms with E-state index in [-0.39, 0.29) is 0 Å². The standard InChI is InChI=1S/C10H13N3O5/c1-3(8(15)7(13-11)10(17)18)6-5(4(2)14)9(16)12-6/h3-6,14H,1-2H3,(H,12,16)(H,17,18)/t3?,4-,5-,6-/m1/s1. The van der Waals surface area contributed by atoms with Gasteiger partial charge in [0.15, 0.2) is 0 Å². The first-order valence-electron chi connectivity index (χ1n) is 5.29. The number of aliphatic hydroxyl groups is 1. The Labute approximate surface area is 102 Å². The van der Waals surface area contributed by atoms with Gasteiger partial charge in [0, 0.05) is 5.92 Å². The number of carboxylic acid groups (broad SMARTS) is 1. The van der Waals surface area contributed by atoms with Gasteiger partial charge in [0.25, 0.3) is 5.78 Å². The van der Waals surface area contributed by atoms with Gasteiger partial charge in [-0.2, -0.15) is 4.79 Å². The Kier molecular flexibility index (Phi) is 3.95. The lowest BCUT2D eigenvalue weighted by atomic mass is 9.76. The third kappa shape index (κ3) is 2.29. The number of rotatable bonds is 5. The minimum absolute atomic E-state index is 0.396. The third-order valence-electron chi connectivity index (χ3n) is 3.01. The molecule has 4 atom stereocenters. The Morgan fingerprint density at radius 3 is 2.33 bits per heavy atom. The molecule has 98 valence electrons. The number of hydrogen-bond acceptors (Lipinski definition) is 4. The normalized spacial score (nSPS) is 25.2. The number of Topliss-reactive ketones (excluding diaryl/α,β-unsaturated/α-hetero) is 1. The van der Waals surface area contributed by atoms with Crippen LogP contribution in [0.15, 0.2) is 0 Å². The van der Waals surface area contributed by atoms with Crippen LogP contribution in [0.25, 0.3) is 5.53 Å². The van der Waals surface area contributed by atoms with E-state index in [0.717, 1.165) is 0 Å². The van der Waals surface area contributed by atoms with Gasteiger partial charge in [-0.05, 0) is 6.92 Å². The molecular weight excluding hydrogens is 242 g/mol. The summed E-state index contributed by atoms with van der Waals surface area (Å²) in [6.45, 7) is 2.81. The molecule has 8 heteroatoms. The van der Waals surface area contributed by atoms with Crippen LogP contribution in [-0.4, -0.2) is 50.5 Å². The van der Waals surface area contributed by atoms with E-state index >= 15 is 0 Å². The number of ketones is 1. The largest absolute Gasteiger partial charge is 0.472 e. The number of nitrogens with one attached hydrogen (secondary N) is 1. The fourth-order valence-electron chi connectivity index (χ4n) is 1.95. The summed E-state index contributed by atoms with van der Waals surface area (Å²) in [6.07, 6.45) is -0.946. The topological polar surface area (TPSA) is 140 Å². The van der Waals surface area contributed by atoms with Gasteiger partial charge in [-0.1, -0.05) is 6.92 Å². The van der Waals surface area contributed by atoms with Crippen molar-refractivity contribution in [1.29, 1.82) is 0 Å². The molecule has 1 unspecified atom stereocenters. The number of hydrogen-bond donors (Lipinski definition) is 3. The Hall–Kier alpha value is -2.05. The molecule has 1 saturated heterocycles. The summed E-state index contributed by atoms with van der Waals surface area (Å²) in [7, 11) is 0. The van der Waals surface area contributed by atoms with Gasteiger partial charge >= 0.3 is 11.7 Å². The molecule has 8 nitrogen and oxygen atoms in total. The van der Waals surface area contributed by atoms with Gasteiger partial charge in [0.1, 0.15) is 0 Å². The van der Waals surface area contributed by atoms with Crippen molar-refractivity contribution in [3.05, 3.63) is 5.53 Å². The quantitative estimate of drug-likeness (QED) is 0.179. The van der Waals surface area contributed by atoms with Crippen LogP contribution >= 0.6 is 0 Å². The smallest absolute Gasteiger partial charge is 0.441 e. The van der Waals surface area contributed by atoms with E-state index in [9.17, 15) is 19.5 Å². The fraction of sp³-hybridized carbons (Fsp3) is 0.600.